The lowest BCUT2D eigenvalue weighted by Gasteiger charge is -2.38. The molecule has 1 heterocycles. The maximum Gasteiger partial charge on any atom is 0.226 e. The third-order valence-electron chi connectivity index (χ3n) is 6.62. The zero-order valence-corrected chi connectivity index (χ0v) is 21.0. The van der Waals surface area contributed by atoms with Gasteiger partial charge < -0.3 is 10.2 Å². The van der Waals surface area contributed by atoms with Gasteiger partial charge in [0.25, 0.3) is 0 Å². The lowest BCUT2D eigenvalue weighted by molar-refractivity contribution is -0.131. The first-order valence-electron chi connectivity index (χ1n) is 11.7. The Labute approximate surface area is 199 Å². The molecule has 1 aliphatic heterocycles. The smallest absolute Gasteiger partial charge is 0.226 e. The van der Waals surface area contributed by atoms with E-state index < -0.39 is 16.9 Å². The third-order valence-corrected chi connectivity index (χ3v) is 6.86. The zero-order chi connectivity index (χ0) is 24.4. The van der Waals surface area contributed by atoms with Crippen LogP contribution in [0.3, 0.4) is 0 Å². The molecule has 2 fully saturated rings. The number of hydrogen-bond donors (Lipinski definition) is 1. The number of nitrogens with zero attached hydrogens (tertiary/aromatic N) is 1. The molecule has 0 radical (unpaired) electrons. The number of piperidine rings is 1. The van der Waals surface area contributed by atoms with E-state index in [1.807, 2.05) is 0 Å². The highest BCUT2D eigenvalue weighted by Gasteiger charge is 2.43. The molecule has 1 aliphatic carbocycles. The molecule has 0 aromatic heterocycles. The minimum atomic E-state index is -1.36. The molecule has 1 saturated heterocycles. The Hall–Kier alpha value is -1.38. The van der Waals surface area contributed by atoms with Crippen LogP contribution in [0.4, 0.5) is 8.78 Å². The molecule has 2 rings (SSSR count). The number of alkyl halides is 1. The molecule has 1 amide bonds. The molecule has 6 heteroatoms. The van der Waals surface area contributed by atoms with Gasteiger partial charge in [0, 0.05) is 18.1 Å². The van der Waals surface area contributed by atoms with E-state index in [9.17, 15) is 9.18 Å². The molecule has 182 valence electrons. The first kappa shape index (κ1) is 28.7. The normalized spacial score (nSPS) is 21.5. The van der Waals surface area contributed by atoms with Gasteiger partial charge in [0.1, 0.15) is 11.5 Å². The summed E-state index contributed by atoms with van der Waals surface area (Å²) in [6.45, 7) is 10.8. The van der Waals surface area contributed by atoms with Crippen molar-refractivity contribution in [1.29, 1.82) is 0 Å². The summed E-state index contributed by atoms with van der Waals surface area (Å²) >= 11 is 6.24. The Balaban J connectivity index is 0.00000249. The minimum absolute atomic E-state index is 0.0469. The number of halogens is 3. The zero-order valence-electron chi connectivity index (χ0n) is 20.3. The predicted octanol–water partition coefficient (Wildman–Crippen LogP) is 6.54. The quantitative estimate of drug-likeness (QED) is 0.322. The van der Waals surface area contributed by atoms with Crippen molar-refractivity contribution in [1.82, 2.24) is 10.2 Å². The van der Waals surface area contributed by atoms with Crippen LogP contribution in [-0.2, 0) is 4.79 Å². The monoisotopic (exact) mass is 470 g/mol. The van der Waals surface area contributed by atoms with E-state index in [1.54, 1.807) is 6.92 Å². The number of allylic oxidation sites excluding steroid dienone is 4. The van der Waals surface area contributed by atoms with Crippen LogP contribution in [0.1, 0.15) is 79.1 Å². The molecule has 1 saturated carbocycles. The fourth-order valence-corrected chi connectivity index (χ4v) is 4.78. The second kappa shape index (κ2) is 12.8. The summed E-state index contributed by atoms with van der Waals surface area (Å²) in [6.07, 6.45) is 16.2. The van der Waals surface area contributed by atoms with E-state index in [1.165, 1.54) is 12.2 Å². The number of amides is 1. The molecular formula is C26H41ClF2N2O. The highest BCUT2D eigenvalue weighted by Crippen LogP contribution is 2.44. The molecule has 3 nitrogen and oxygen atoms in total. The number of rotatable bonds is 8. The molecule has 0 unspecified atom stereocenters. The van der Waals surface area contributed by atoms with Gasteiger partial charge in [0.15, 0.2) is 0 Å². The Morgan fingerprint density at radius 3 is 2.22 bits per heavy atom. The lowest BCUT2D eigenvalue weighted by atomic mass is 9.81. The van der Waals surface area contributed by atoms with Crippen LogP contribution in [0.2, 0.25) is 0 Å². The molecule has 0 spiro atoms. The van der Waals surface area contributed by atoms with Gasteiger partial charge in [0.2, 0.25) is 5.91 Å². The fraction of sp³-hybridized carbons (Fsp3) is 0.731. The molecule has 0 aromatic carbocycles. The van der Waals surface area contributed by atoms with Crippen molar-refractivity contribution in [2.24, 2.45) is 10.8 Å². The van der Waals surface area contributed by atoms with Crippen molar-refractivity contribution >= 4 is 17.5 Å². The molecule has 0 atom stereocenters. The molecule has 1 N–H and O–H groups in total. The van der Waals surface area contributed by atoms with Crippen molar-refractivity contribution in [3.63, 3.8) is 0 Å². The van der Waals surface area contributed by atoms with E-state index >= 15 is 4.39 Å². The molecule has 32 heavy (non-hydrogen) atoms. The highest BCUT2D eigenvalue weighted by atomic mass is 35.5. The van der Waals surface area contributed by atoms with E-state index in [2.05, 4.69) is 43.8 Å². The van der Waals surface area contributed by atoms with Gasteiger partial charge in [-0.25, -0.2) is 8.78 Å². The van der Waals surface area contributed by atoms with Crippen molar-refractivity contribution in [3.8, 4) is 12.8 Å². The summed E-state index contributed by atoms with van der Waals surface area (Å²) in [5.41, 5.74) is -1.73. The van der Waals surface area contributed by atoms with Gasteiger partial charge >= 0.3 is 0 Å². The first-order valence-corrected chi connectivity index (χ1v) is 12.1. The van der Waals surface area contributed by atoms with Crippen LogP contribution in [0.25, 0.3) is 0 Å². The minimum Gasteiger partial charge on any atom is -0.352 e. The number of terminal acetylenes is 1. The van der Waals surface area contributed by atoms with Gasteiger partial charge in [0.05, 0.1) is 12.0 Å². The van der Waals surface area contributed by atoms with Crippen molar-refractivity contribution in [3.05, 3.63) is 23.0 Å². The van der Waals surface area contributed by atoms with E-state index in [-0.39, 0.29) is 17.9 Å². The summed E-state index contributed by atoms with van der Waals surface area (Å²) < 4.78 is 28.9. The summed E-state index contributed by atoms with van der Waals surface area (Å²) in [7, 11) is 0. The maximum absolute atomic E-state index is 15.3. The van der Waals surface area contributed by atoms with Crippen molar-refractivity contribution < 1.29 is 13.6 Å². The average Bonchev–Trinajstić information content (AvgIpc) is 3.22. The van der Waals surface area contributed by atoms with Gasteiger partial charge in [-0.1, -0.05) is 51.3 Å². The standard InChI is InChI=1S/C24H39ClF2N2O.C2H2/c1-5-20(26)16-19(25)17-23(8-6-7-9-23)21(30)28-18-24(27)11-14-29(15-12-24)13-10-22(2,3)4;1-2/h5,16H,6-15,17-18H2,1-4H3,(H,28,30);1-2H/b19-16+,20-5+;. The summed E-state index contributed by atoms with van der Waals surface area (Å²) in [6, 6.07) is 0. The molecule has 2 aliphatic rings. The molecule has 0 aromatic rings. The topological polar surface area (TPSA) is 32.3 Å². The van der Waals surface area contributed by atoms with Gasteiger partial charge in [-0.2, -0.15) is 0 Å². The van der Waals surface area contributed by atoms with Gasteiger partial charge in [-0.05, 0) is 63.5 Å². The Bertz CT molecular complexity index is 680. The fourth-order valence-electron chi connectivity index (χ4n) is 4.42. The Kier molecular flexibility index (Phi) is 11.4. The largest absolute Gasteiger partial charge is 0.352 e. The number of likely N-dealkylation sites (tertiary alicyclic amines) is 1. The first-order chi connectivity index (χ1) is 15.0. The van der Waals surface area contributed by atoms with E-state index in [4.69, 9.17) is 11.6 Å². The lowest BCUT2D eigenvalue weighted by Crippen LogP contribution is -2.51. The number of carbonyl (C=O) groups is 1. The maximum atomic E-state index is 15.3. The Morgan fingerprint density at radius 2 is 1.72 bits per heavy atom. The number of nitrogens with one attached hydrogen (secondary N) is 1. The van der Waals surface area contributed by atoms with Crippen LogP contribution in [-0.4, -0.2) is 42.7 Å². The van der Waals surface area contributed by atoms with Crippen LogP contribution >= 0.6 is 11.6 Å². The van der Waals surface area contributed by atoms with E-state index in [0.717, 1.165) is 38.9 Å². The summed E-state index contributed by atoms with van der Waals surface area (Å²) in [5, 5.41) is 3.23. The SMILES string of the molecule is C#C.C/C=C(F)\C=C(\Cl)CC1(C(=O)NCC2(F)CCN(CCC(C)(C)C)CC2)CCCC1. The van der Waals surface area contributed by atoms with Crippen LogP contribution in [0.5, 0.6) is 0 Å². The van der Waals surface area contributed by atoms with Crippen LogP contribution < -0.4 is 5.32 Å². The molecular weight excluding hydrogens is 430 g/mol. The average molecular weight is 471 g/mol. The van der Waals surface area contributed by atoms with Crippen LogP contribution in [0, 0.1) is 23.7 Å². The van der Waals surface area contributed by atoms with Crippen molar-refractivity contribution in [2.75, 3.05) is 26.2 Å². The summed E-state index contributed by atoms with van der Waals surface area (Å²) in [4.78, 5) is 15.4. The third kappa shape index (κ3) is 9.24. The number of carbonyl (C=O) groups excluding carboxylic acids is 1. The highest BCUT2D eigenvalue weighted by molar-refractivity contribution is 6.29. The predicted molar refractivity (Wildman–Crippen MR) is 131 cm³/mol. The van der Waals surface area contributed by atoms with Gasteiger partial charge in [-0.15, -0.1) is 12.8 Å². The second-order valence-electron chi connectivity index (χ2n) is 10.4. The van der Waals surface area contributed by atoms with E-state index in [0.29, 0.717) is 37.1 Å². The van der Waals surface area contributed by atoms with Crippen molar-refractivity contribution in [2.45, 2.75) is 84.7 Å². The van der Waals surface area contributed by atoms with Gasteiger partial charge in [-0.3, -0.25) is 4.79 Å². The Morgan fingerprint density at radius 1 is 1.16 bits per heavy atom. The second-order valence-corrected chi connectivity index (χ2v) is 10.9. The summed E-state index contributed by atoms with van der Waals surface area (Å²) in [5.74, 6) is -0.547. The molecule has 0 bridgehead atoms. The van der Waals surface area contributed by atoms with Crippen LogP contribution in [0.15, 0.2) is 23.0 Å². The number of hydrogen-bond acceptors (Lipinski definition) is 2.